The van der Waals surface area contributed by atoms with E-state index in [0.717, 1.165) is 32.4 Å². The molecule has 0 aromatic rings. The van der Waals surface area contributed by atoms with Gasteiger partial charge >= 0.3 is 6.03 Å². The van der Waals surface area contributed by atoms with Gasteiger partial charge in [-0.05, 0) is 12.8 Å². The van der Waals surface area contributed by atoms with Gasteiger partial charge in [0.2, 0.25) is 0 Å². The minimum Gasteiger partial charge on any atom is -0.338 e. The van der Waals surface area contributed by atoms with E-state index in [1.165, 1.54) is 64.2 Å². The van der Waals surface area contributed by atoms with Crippen molar-refractivity contribution >= 4 is 6.03 Å². The van der Waals surface area contributed by atoms with Crippen LogP contribution >= 0.6 is 0 Å². The number of urea groups is 1. The van der Waals surface area contributed by atoms with Crippen molar-refractivity contribution in [2.45, 2.75) is 97.3 Å². The van der Waals surface area contributed by atoms with Crippen LogP contribution in [0.15, 0.2) is 0 Å². The second-order valence-corrected chi connectivity index (χ2v) is 6.07. The normalized spacial score (nSPS) is 10.6. The molecule has 2 N–H and O–H groups in total. The van der Waals surface area contributed by atoms with Crippen LogP contribution in [0.3, 0.4) is 0 Å². The molecule has 0 aromatic carbocycles. The highest BCUT2D eigenvalue weighted by molar-refractivity contribution is 5.73. The number of amides is 2. The molecule has 126 valence electrons. The van der Waals surface area contributed by atoms with E-state index in [1.807, 2.05) is 0 Å². The van der Waals surface area contributed by atoms with E-state index >= 15 is 0 Å². The monoisotopic (exact) mass is 298 g/mol. The molecule has 0 saturated heterocycles. The van der Waals surface area contributed by atoms with Crippen LogP contribution in [0.25, 0.3) is 0 Å². The zero-order valence-corrected chi connectivity index (χ0v) is 14.5. The molecular formula is C18H38N2O. The van der Waals surface area contributed by atoms with Gasteiger partial charge in [0.1, 0.15) is 0 Å². The van der Waals surface area contributed by atoms with Crippen molar-refractivity contribution in [2.75, 3.05) is 13.1 Å². The zero-order valence-electron chi connectivity index (χ0n) is 14.5. The number of nitrogens with one attached hydrogen (secondary N) is 2. The Labute approximate surface area is 132 Å². The maximum atomic E-state index is 11.4. The smallest absolute Gasteiger partial charge is 0.314 e. The Balaban J connectivity index is 3.06. The van der Waals surface area contributed by atoms with Gasteiger partial charge in [-0.15, -0.1) is 0 Å². The van der Waals surface area contributed by atoms with E-state index in [2.05, 4.69) is 24.5 Å². The van der Waals surface area contributed by atoms with Crippen molar-refractivity contribution in [2.24, 2.45) is 0 Å². The van der Waals surface area contributed by atoms with Crippen LogP contribution in [0.4, 0.5) is 4.79 Å². The molecule has 0 saturated carbocycles. The van der Waals surface area contributed by atoms with Crippen LogP contribution in [0.2, 0.25) is 0 Å². The molecule has 3 nitrogen and oxygen atoms in total. The fraction of sp³-hybridized carbons (Fsp3) is 0.944. The molecule has 0 radical (unpaired) electrons. The highest BCUT2D eigenvalue weighted by Gasteiger charge is 1.97. The molecule has 0 atom stereocenters. The summed E-state index contributed by atoms with van der Waals surface area (Å²) in [5.41, 5.74) is 0. The minimum atomic E-state index is -0.00414. The largest absolute Gasteiger partial charge is 0.338 e. The molecule has 21 heavy (non-hydrogen) atoms. The van der Waals surface area contributed by atoms with Crippen molar-refractivity contribution in [1.82, 2.24) is 10.6 Å². The summed E-state index contributed by atoms with van der Waals surface area (Å²) in [6.07, 6.45) is 17.0. The summed E-state index contributed by atoms with van der Waals surface area (Å²) in [4.78, 5) is 11.4. The van der Waals surface area contributed by atoms with Crippen LogP contribution in [0.5, 0.6) is 0 Å². The Bertz CT molecular complexity index is 219. The quantitative estimate of drug-likeness (QED) is 0.391. The van der Waals surface area contributed by atoms with E-state index in [0.29, 0.717) is 0 Å². The Morgan fingerprint density at radius 2 is 0.952 bits per heavy atom. The van der Waals surface area contributed by atoms with Crippen molar-refractivity contribution < 1.29 is 4.79 Å². The SMILES string of the molecule is CCCCCCCCCCCCCNC(=O)NCCCC. The zero-order chi connectivity index (χ0) is 15.6. The number of carbonyl (C=O) groups is 1. The van der Waals surface area contributed by atoms with E-state index in [1.54, 1.807) is 0 Å². The van der Waals surface area contributed by atoms with Crippen molar-refractivity contribution in [3.63, 3.8) is 0 Å². The first-order valence-corrected chi connectivity index (χ1v) is 9.33. The predicted octanol–water partition coefficient (Wildman–Crippen LogP) is 5.40. The Morgan fingerprint density at radius 1 is 0.571 bits per heavy atom. The van der Waals surface area contributed by atoms with Gasteiger partial charge < -0.3 is 10.6 Å². The summed E-state index contributed by atoms with van der Waals surface area (Å²) >= 11 is 0. The van der Waals surface area contributed by atoms with Crippen LogP contribution < -0.4 is 10.6 Å². The van der Waals surface area contributed by atoms with E-state index < -0.39 is 0 Å². The lowest BCUT2D eigenvalue weighted by Gasteiger charge is -2.07. The van der Waals surface area contributed by atoms with Gasteiger partial charge in [0.05, 0.1) is 0 Å². The Morgan fingerprint density at radius 3 is 1.43 bits per heavy atom. The second-order valence-electron chi connectivity index (χ2n) is 6.07. The predicted molar refractivity (Wildman–Crippen MR) is 92.8 cm³/mol. The summed E-state index contributed by atoms with van der Waals surface area (Å²) < 4.78 is 0. The molecule has 0 aliphatic carbocycles. The third-order valence-electron chi connectivity index (χ3n) is 3.88. The van der Waals surface area contributed by atoms with Gasteiger partial charge in [0, 0.05) is 13.1 Å². The molecule has 0 aliphatic rings. The highest BCUT2D eigenvalue weighted by Crippen LogP contribution is 2.10. The number of unbranched alkanes of at least 4 members (excludes halogenated alkanes) is 11. The summed E-state index contributed by atoms with van der Waals surface area (Å²) in [5.74, 6) is 0. The molecule has 0 bridgehead atoms. The van der Waals surface area contributed by atoms with E-state index in [4.69, 9.17) is 0 Å². The van der Waals surface area contributed by atoms with Crippen LogP contribution in [-0.4, -0.2) is 19.1 Å². The van der Waals surface area contributed by atoms with Crippen molar-refractivity contribution in [3.8, 4) is 0 Å². The lowest BCUT2D eigenvalue weighted by atomic mass is 10.1. The molecular weight excluding hydrogens is 260 g/mol. The first-order valence-electron chi connectivity index (χ1n) is 9.33. The third kappa shape index (κ3) is 17.2. The lowest BCUT2D eigenvalue weighted by Crippen LogP contribution is -2.36. The maximum absolute atomic E-state index is 11.4. The number of rotatable bonds is 15. The standard InChI is InChI=1S/C18H38N2O/c1-3-5-7-8-9-10-11-12-13-14-15-17-20-18(21)19-16-6-4-2/h3-17H2,1-2H3,(H2,19,20,21). The van der Waals surface area contributed by atoms with Crippen molar-refractivity contribution in [3.05, 3.63) is 0 Å². The van der Waals surface area contributed by atoms with Gasteiger partial charge in [-0.2, -0.15) is 0 Å². The van der Waals surface area contributed by atoms with Gasteiger partial charge in [-0.25, -0.2) is 4.79 Å². The van der Waals surface area contributed by atoms with Crippen LogP contribution in [-0.2, 0) is 0 Å². The summed E-state index contributed by atoms with van der Waals surface area (Å²) in [6.45, 7) is 6.00. The molecule has 0 rings (SSSR count). The number of hydrogen-bond acceptors (Lipinski definition) is 1. The Kier molecular flexibility index (Phi) is 16.7. The van der Waals surface area contributed by atoms with Crippen molar-refractivity contribution in [1.29, 1.82) is 0 Å². The van der Waals surface area contributed by atoms with Gasteiger partial charge in [-0.1, -0.05) is 84.5 Å². The summed E-state index contributed by atoms with van der Waals surface area (Å²) in [5, 5.41) is 5.80. The molecule has 0 unspecified atom stereocenters. The van der Waals surface area contributed by atoms with E-state index in [9.17, 15) is 4.79 Å². The molecule has 0 aromatic heterocycles. The fourth-order valence-electron chi connectivity index (χ4n) is 2.43. The average Bonchev–Trinajstić information content (AvgIpc) is 2.48. The third-order valence-corrected chi connectivity index (χ3v) is 3.88. The maximum Gasteiger partial charge on any atom is 0.314 e. The van der Waals surface area contributed by atoms with E-state index in [-0.39, 0.29) is 6.03 Å². The first kappa shape index (κ1) is 20.3. The summed E-state index contributed by atoms with van der Waals surface area (Å²) in [7, 11) is 0. The summed E-state index contributed by atoms with van der Waals surface area (Å²) in [6, 6.07) is -0.00414. The van der Waals surface area contributed by atoms with Crippen LogP contribution in [0, 0.1) is 0 Å². The van der Waals surface area contributed by atoms with Gasteiger partial charge in [0.25, 0.3) is 0 Å². The molecule has 0 aliphatic heterocycles. The van der Waals surface area contributed by atoms with Gasteiger partial charge in [0.15, 0.2) is 0 Å². The molecule has 0 heterocycles. The Hall–Kier alpha value is -0.730. The average molecular weight is 299 g/mol. The number of hydrogen-bond donors (Lipinski definition) is 2. The first-order chi connectivity index (χ1) is 10.3. The number of carbonyl (C=O) groups excluding carboxylic acids is 1. The van der Waals surface area contributed by atoms with Crippen LogP contribution in [0.1, 0.15) is 97.3 Å². The molecule has 3 heteroatoms. The second kappa shape index (κ2) is 17.3. The minimum absolute atomic E-state index is 0.00414. The highest BCUT2D eigenvalue weighted by atomic mass is 16.2. The molecule has 0 spiro atoms. The fourth-order valence-corrected chi connectivity index (χ4v) is 2.43. The molecule has 2 amide bonds. The lowest BCUT2D eigenvalue weighted by molar-refractivity contribution is 0.240. The van der Waals surface area contributed by atoms with Gasteiger partial charge in [-0.3, -0.25) is 0 Å². The molecule has 0 fully saturated rings. The topological polar surface area (TPSA) is 41.1 Å².